The molecule has 0 aromatic carbocycles. The highest BCUT2D eigenvalue weighted by molar-refractivity contribution is 5.79. The maximum absolute atomic E-state index is 11.4. The largest absolute Gasteiger partial charge is 0.480 e. The van der Waals surface area contributed by atoms with Gasteiger partial charge in [0.15, 0.2) is 0 Å². The molecule has 1 saturated heterocycles. The number of carboxylic acids is 1. The first-order valence-electron chi connectivity index (χ1n) is 5.68. The van der Waals surface area contributed by atoms with Gasteiger partial charge in [-0.15, -0.1) is 0 Å². The molecule has 1 atom stereocenters. The molecular weight excluding hydrogens is 206 g/mol. The van der Waals surface area contributed by atoms with E-state index >= 15 is 0 Å². The number of nitrogens with zero attached hydrogens (tertiary/aromatic N) is 1. The van der Waals surface area contributed by atoms with Gasteiger partial charge >= 0.3 is 5.97 Å². The lowest BCUT2D eigenvalue weighted by Gasteiger charge is -2.33. The van der Waals surface area contributed by atoms with E-state index in [0.29, 0.717) is 13.0 Å². The molecule has 0 bridgehead atoms. The number of carboxylic acid groups (broad SMARTS) is 1. The van der Waals surface area contributed by atoms with Crippen molar-refractivity contribution in [2.45, 2.75) is 38.3 Å². The highest BCUT2D eigenvalue weighted by Crippen LogP contribution is 2.34. The fourth-order valence-corrected chi connectivity index (χ4v) is 2.56. The topological polar surface area (TPSA) is 53.7 Å². The summed E-state index contributed by atoms with van der Waals surface area (Å²) in [5.41, 5.74) is 0.373. The Balaban J connectivity index is 2.16. The zero-order chi connectivity index (χ0) is 11.6. The van der Waals surface area contributed by atoms with Crippen molar-refractivity contribution in [3.63, 3.8) is 0 Å². The zero-order valence-corrected chi connectivity index (χ0v) is 9.48. The first kappa shape index (κ1) is 11.2. The van der Waals surface area contributed by atoms with E-state index < -0.39 is 11.5 Å². The normalized spacial score (nSPS) is 26.1. The van der Waals surface area contributed by atoms with Gasteiger partial charge in [-0.25, -0.2) is 0 Å². The molecule has 1 aliphatic rings. The molecule has 1 N–H and O–H groups in total. The zero-order valence-electron chi connectivity index (χ0n) is 9.48. The van der Waals surface area contributed by atoms with Crippen molar-refractivity contribution in [2.24, 2.45) is 0 Å². The predicted octanol–water partition coefficient (Wildman–Crippen LogP) is 2.11. The lowest BCUT2D eigenvalue weighted by atomic mass is 9.93. The van der Waals surface area contributed by atoms with Crippen molar-refractivity contribution in [3.05, 3.63) is 24.2 Å². The van der Waals surface area contributed by atoms with Gasteiger partial charge in [0.05, 0.1) is 12.5 Å². The number of carbonyl (C=O) groups is 1. The predicted molar refractivity (Wildman–Crippen MR) is 59.0 cm³/mol. The third-order valence-corrected chi connectivity index (χ3v) is 3.56. The van der Waals surface area contributed by atoms with Crippen molar-refractivity contribution >= 4 is 5.97 Å². The van der Waals surface area contributed by atoms with E-state index in [2.05, 4.69) is 4.90 Å². The van der Waals surface area contributed by atoms with Crippen molar-refractivity contribution in [2.75, 3.05) is 6.54 Å². The van der Waals surface area contributed by atoms with Gasteiger partial charge in [0.25, 0.3) is 0 Å². The Bertz CT molecular complexity index is 360. The Kier molecular flexibility index (Phi) is 3.01. The fraction of sp³-hybridized carbons (Fsp3) is 0.583. The Hall–Kier alpha value is -1.29. The van der Waals surface area contributed by atoms with E-state index in [9.17, 15) is 9.90 Å². The summed E-state index contributed by atoms with van der Waals surface area (Å²) >= 11 is 0. The molecular formula is C12H17NO3. The van der Waals surface area contributed by atoms with Gasteiger partial charge in [-0.3, -0.25) is 9.69 Å². The molecule has 1 fully saturated rings. The second kappa shape index (κ2) is 4.29. The van der Waals surface area contributed by atoms with Crippen LogP contribution in [0.5, 0.6) is 0 Å². The van der Waals surface area contributed by atoms with E-state index in [-0.39, 0.29) is 0 Å². The third-order valence-electron chi connectivity index (χ3n) is 3.56. The Labute approximate surface area is 94.9 Å². The molecule has 1 aliphatic heterocycles. The quantitative estimate of drug-likeness (QED) is 0.849. The first-order valence-corrected chi connectivity index (χ1v) is 5.68. The fourth-order valence-electron chi connectivity index (χ4n) is 2.56. The van der Waals surface area contributed by atoms with Gasteiger partial charge < -0.3 is 9.52 Å². The van der Waals surface area contributed by atoms with Crippen LogP contribution in [-0.4, -0.2) is 28.1 Å². The summed E-state index contributed by atoms with van der Waals surface area (Å²) in [6.45, 7) is 3.46. The van der Waals surface area contributed by atoms with E-state index in [1.165, 1.54) is 0 Å². The summed E-state index contributed by atoms with van der Waals surface area (Å²) < 4.78 is 5.01. The van der Waals surface area contributed by atoms with Crippen LogP contribution in [0.15, 0.2) is 23.0 Å². The third kappa shape index (κ3) is 1.73. The van der Waals surface area contributed by atoms with Crippen LogP contribution in [-0.2, 0) is 11.3 Å². The molecule has 4 nitrogen and oxygen atoms in total. The van der Waals surface area contributed by atoms with E-state index in [1.807, 2.05) is 13.0 Å². The highest BCUT2D eigenvalue weighted by atomic mass is 16.4. The molecule has 16 heavy (non-hydrogen) atoms. The number of furan rings is 1. The van der Waals surface area contributed by atoms with Gasteiger partial charge in [0, 0.05) is 12.1 Å². The highest BCUT2D eigenvalue weighted by Gasteiger charge is 2.45. The SMILES string of the molecule is CCC1(C(=O)O)CCCN1Cc1ccoc1. The van der Waals surface area contributed by atoms with Crippen LogP contribution in [0, 0.1) is 0 Å². The number of aliphatic carboxylic acids is 1. The van der Waals surface area contributed by atoms with Crippen LogP contribution in [0.3, 0.4) is 0 Å². The average molecular weight is 223 g/mol. The van der Waals surface area contributed by atoms with E-state index in [0.717, 1.165) is 24.9 Å². The average Bonchev–Trinajstić information content (AvgIpc) is 2.88. The molecule has 1 aromatic rings. The molecule has 2 rings (SSSR count). The minimum atomic E-state index is -0.698. The number of hydrogen-bond donors (Lipinski definition) is 1. The molecule has 0 aliphatic carbocycles. The summed E-state index contributed by atoms with van der Waals surface area (Å²) in [6, 6.07) is 1.89. The second-order valence-corrected chi connectivity index (χ2v) is 4.35. The summed E-state index contributed by atoms with van der Waals surface area (Å²) in [5, 5.41) is 9.40. The van der Waals surface area contributed by atoms with Crippen molar-refractivity contribution in [3.8, 4) is 0 Å². The molecule has 88 valence electrons. The monoisotopic (exact) mass is 223 g/mol. The van der Waals surface area contributed by atoms with Crippen molar-refractivity contribution in [1.29, 1.82) is 0 Å². The first-order chi connectivity index (χ1) is 7.69. The standard InChI is InChI=1S/C12H17NO3/c1-2-12(11(14)15)5-3-6-13(12)8-10-4-7-16-9-10/h4,7,9H,2-3,5-6,8H2,1H3,(H,14,15). The molecule has 1 unspecified atom stereocenters. The second-order valence-electron chi connectivity index (χ2n) is 4.35. The van der Waals surface area contributed by atoms with Gasteiger partial charge in [-0.1, -0.05) is 6.92 Å². The minimum Gasteiger partial charge on any atom is -0.480 e. The van der Waals surface area contributed by atoms with Crippen LogP contribution in [0.1, 0.15) is 31.7 Å². The Morgan fingerprint density at radius 1 is 1.69 bits per heavy atom. The van der Waals surface area contributed by atoms with E-state index in [4.69, 9.17) is 4.42 Å². The van der Waals surface area contributed by atoms with Gasteiger partial charge in [0.2, 0.25) is 0 Å². The molecule has 0 radical (unpaired) electrons. The van der Waals surface area contributed by atoms with E-state index in [1.54, 1.807) is 12.5 Å². The smallest absolute Gasteiger partial charge is 0.324 e. The molecule has 0 amide bonds. The summed E-state index contributed by atoms with van der Waals surface area (Å²) in [4.78, 5) is 13.5. The van der Waals surface area contributed by atoms with Crippen LogP contribution in [0.4, 0.5) is 0 Å². The van der Waals surface area contributed by atoms with Crippen molar-refractivity contribution < 1.29 is 14.3 Å². The number of hydrogen-bond acceptors (Lipinski definition) is 3. The number of rotatable bonds is 4. The molecule has 0 saturated carbocycles. The van der Waals surface area contributed by atoms with Crippen LogP contribution >= 0.6 is 0 Å². The maximum Gasteiger partial charge on any atom is 0.324 e. The summed E-state index contributed by atoms with van der Waals surface area (Å²) in [7, 11) is 0. The van der Waals surface area contributed by atoms with Gasteiger partial charge in [-0.05, 0) is 31.9 Å². The molecule has 1 aromatic heterocycles. The van der Waals surface area contributed by atoms with Crippen molar-refractivity contribution in [1.82, 2.24) is 4.90 Å². The molecule has 4 heteroatoms. The lowest BCUT2D eigenvalue weighted by molar-refractivity contribution is -0.150. The van der Waals surface area contributed by atoms with Crippen LogP contribution in [0.25, 0.3) is 0 Å². The number of likely N-dealkylation sites (tertiary alicyclic amines) is 1. The maximum atomic E-state index is 11.4. The Morgan fingerprint density at radius 3 is 3.06 bits per heavy atom. The van der Waals surface area contributed by atoms with Gasteiger partial charge in [0.1, 0.15) is 5.54 Å². The van der Waals surface area contributed by atoms with Gasteiger partial charge in [-0.2, -0.15) is 0 Å². The minimum absolute atomic E-state index is 0.653. The Morgan fingerprint density at radius 2 is 2.50 bits per heavy atom. The van der Waals surface area contributed by atoms with Crippen LogP contribution in [0.2, 0.25) is 0 Å². The summed E-state index contributed by atoms with van der Waals surface area (Å²) in [5.74, 6) is -0.698. The lowest BCUT2D eigenvalue weighted by Crippen LogP contribution is -2.49. The molecule has 2 heterocycles. The molecule has 0 spiro atoms. The van der Waals surface area contributed by atoms with Crippen LogP contribution < -0.4 is 0 Å². The summed E-state index contributed by atoms with van der Waals surface area (Å²) in [6.07, 6.45) is 5.66.